The first kappa shape index (κ1) is 33.2. The van der Waals surface area contributed by atoms with Crippen molar-refractivity contribution >= 4 is 38.6 Å². The smallest absolute Gasteiger partial charge is 0.411 e. The minimum atomic E-state index is -4.20. The van der Waals surface area contributed by atoms with Gasteiger partial charge in [-0.25, -0.2) is 17.9 Å². The highest BCUT2D eigenvalue weighted by atomic mass is 32.2. The molecule has 2 aliphatic carbocycles. The number of sulfonamides is 1. The topological polar surface area (TPSA) is 127 Å². The van der Waals surface area contributed by atoms with Crippen molar-refractivity contribution in [1.82, 2.24) is 9.71 Å². The van der Waals surface area contributed by atoms with Crippen molar-refractivity contribution in [3.05, 3.63) is 89.1 Å². The maximum absolute atomic E-state index is 13.4. The summed E-state index contributed by atoms with van der Waals surface area (Å²) in [4.78, 5) is 29.1. The number of aromatic nitrogens is 1. The molecule has 0 saturated heterocycles. The van der Waals surface area contributed by atoms with E-state index in [0.29, 0.717) is 17.0 Å². The molecule has 6 rings (SSSR count). The fraction of sp³-hybridized carbons (Fsp3) is 0.368. The van der Waals surface area contributed by atoms with Crippen molar-refractivity contribution in [3.63, 3.8) is 0 Å². The number of nitrogens with one attached hydrogen (secondary N) is 3. The van der Waals surface area contributed by atoms with Crippen LogP contribution in [-0.2, 0) is 14.8 Å². The number of hydrogen-bond donors (Lipinski definition) is 3. The summed E-state index contributed by atoms with van der Waals surface area (Å²) in [5.74, 6) is 6.06. The number of amides is 2. The molecule has 9 nitrogen and oxygen atoms in total. The maximum Gasteiger partial charge on any atom is 0.411 e. The lowest BCUT2D eigenvalue weighted by Gasteiger charge is -2.17. The first-order chi connectivity index (χ1) is 23.2. The fourth-order valence-electron chi connectivity index (χ4n) is 6.73. The van der Waals surface area contributed by atoms with E-state index in [1.165, 1.54) is 19.6 Å². The van der Waals surface area contributed by atoms with E-state index in [1.807, 2.05) is 31.3 Å². The summed E-state index contributed by atoms with van der Waals surface area (Å²) in [7, 11) is -2.69. The molecule has 2 saturated carbocycles. The van der Waals surface area contributed by atoms with Crippen LogP contribution in [0, 0.1) is 17.8 Å². The van der Waals surface area contributed by atoms with Crippen molar-refractivity contribution in [2.24, 2.45) is 5.92 Å². The number of carbonyl (C=O) groups is 2. The van der Waals surface area contributed by atoms with Crippen LogP contribution in [0.5, 0.6) is 5.75 Å². The molecular formula is C38H41N3O6S. The lowest BCUT2D eigenvalue weighted by molar-refractivity contribution is 0.0980. The third-order valence-electron chi connectivity index (χ3n) is 9.38. The Kier molecular flexibility index (Phi) is 10.1. The molecule has 2 fully saturated rings. The number of fused-ring (bicyclic) bond motifs is 1. The number of ether oxygens (including phenoxy) is 2. The van der Waals surface area contributed by atoms with Gasteiger partial charge in [0.25, 0.3) is 15.9 Å². The standard InChI is InChI=1S/C38H41N3O6S/c1-25(33-24-39-34-21-19-29(23-32(33)34)40-38(43)47-30-13-7-8-14-30)31-20-18-28(22-35(31)46-2)37(42)41-48(44,45)36-15-9-6-12-27(36)17-16-26-10-4-3-5-11-26/h6,9,12,15,18-26,30,39H,3-5,7-8,10-11,13-14H2,1-2H3,(H,40,43)(H,41,42). The Labute approximate surface area is 281 Å². The van der Waals surface area contributed by atoms with E-state index in [4.69, 9.17) is 9.47 Å². The number of hydrogen-bond acceptors (Lipinski definition) is 6. The minimum absolute atomic E-state index is 0.0288. The normalized spacial score (nSPS) is 16.1. The average Bonchev–Trinajstić information content (AvgIpc) is 3.77. The van der Waals surface area contributed by atoms with Crippen molar-refractivity contribution < 1.29 is 27.5 Å². The van der Waals surface area contributed by atoms with Gasteiger partial charge in [-0.2, -0.15) is 0 Å². The van der Waals surface area contributed by atoms with Gasteiger partial charge in [-0.3, -0.25) is 10.1 Å². The van der Waals surface area contributed by atoms with Crippen molar-refractivity contribution in [1.29, 1.82) is 0 Å². The molecule has 3 aromatic carbocycles. The van der Waals surface area contributed by atoms with Crippen LogP contribution in [0.1, 0.15) is 97.7 Å². The van der Waals surface area contributed by atoms with Gasteiger partial charge >= 0.3 is 6.09 Å². The van der Waals surface area contributed by atoms with E-state index in [2.05, 4.69) is 26.9 Å². The second-order valence-corrected chi connectivity index (χ2v) is 14.3. The van der Waals surface area contributed by atoms with Crippen molar-refractivity contribution in [2.75, 3.05) is 12.4 Å². The molecule has 250 valence electrons. The number of carbonyl (C=O) groups excluding carboxylic acids is 2. The second kappa shape index (κ2) is 14.6. The molecule has 3 N–H and O–H groups in total. The van der Waals surface area contributed by atoms with Crippen LogP contribution < -0.4 is 14.8 Å². The van der Waals surface area contributed by atoms with E-state index in [-0.39, 0.29) is 28.4 Å². The van der Waals surface area contributed by atoms with Gasteiger partial charge in [-0.15, -0.1) is 0 Å². The quantitative estimate of drug-likeness (QED) is 0.164. The Hall–Kier alpha value is -4.75. The summed E-state index contributed by atoms with van der Waals surface area (Å²) >= 11 is 0. The minimum Gasteiger partial charge on any atom is -0.496 e. The van der Waals surface area contributed by atoms with Crippen LogP contribution in [0.4, 0.5) is 10.5 Å². The number of methoxy groups -OCH3 is 1. The monoisotopic (exact) mass is 667 g/mol. The Balaban J connectivity index is 1.19. The first-order valence-electron chi connectivity index (χ1n) is 16.7. The van der Waals surface area contributed by atoms with E-state index in [0.717, 1.165) is 73.4 Å². The van der Waals surface area contributed by atoms with Crippen molar-refractivity contribution in [3.8, 4) is 17.6 Å². The van der Waals surface area contributed by atoms with Gasteiger partial charge < -0.3 is 14.5 Å². The van der Waals surface area contributed by atoms with Crippen LogP contribution in [-0.4, -0.2) is 38.6 Å². The summed E-state index contributed by atoms with van der Waals surface area (Å²) < 4.78 is 40.3. The zero-order valence-corrected chi connectivity index (χ0v) is 28.1. The number of anilines is 1. The highest BCUT2D eigenvalue weighted by molar-refractivity contribution is 7.90. The lowest BCUT2D eigenvalue weighted by Crippen LogP contribution is -2.31. The van der Waals surface area contributed by atoms with Crippen LogP contribution >= 0.6 is 0 Å². The van der Waals surface area contributed by atoms with E-state index < -0.39 is 22.0 Å². The van der Waals surface area contributed by atoms with Crippen LogP contribution in [0.25, 0.3) is 10.9 Å². The Morgan fingerprint density at radius 2 is 1.67 bits per heavy atom. The number of rotatable bonds is 8. The molecule has 0 spiro atoms. The first-order valence-corrected chi connectivity index (χ1v) is 18.1. The predicted molar refractivity (Wildman–Crippen MR) is 186 cm³/mol. The SMILES string of the molecule is COc1cc(C(=O)NS(=O)(=O)c2ccccc2C#CC2CCCCC2)ccc1C(C)c1c[nH]c2ccc(NC(=O)OC3CCCC3)cc12. The molecule has 48 heavy (non-hydrogen) atoms. The Morgan fingerprint density at radius 1 is 0.917 bits per heavy atom. The van der Waals surface area contributed by atoms with E-state index in [9.17, 15) is 18.0 Å². The molecule has 4 aromatic rings. The molecule has 0 radical (unpaired) electrons. The zero-order valence-electron chi connectivity index (χ0n) is 27.3. The summed E-state index contributed by atoms with van der Waals surface area (Å²) in [6.45, 7) is 2.02. The highest BCUT2D eigenvalue weighted by Crippen LogP contribution is 2.37. The molecule has 1 unspecified atom stereocenters. The largest absolute Gasteiger partial charge is 0.496 e. The lowest BCUT2D eigenvalue weighted by atomic mass is 9.90. The summed E-state index contributed by atoms with van der Waals surface area (Å²) in [6.07, 6.45) is 10.9. The third kappa shape index (κ3) is 7.52. The Morgan fingerprint density at radius 3 is 2.44 bits per heavy atom. The van der Waals surface area contributed by atoms with Gasteiger partial charge in [-0.1, -0.05) is 56.2 Å². The van der Waals surface area contributed by atoms with Gasteiger partial charge in [0.15, 0.2) is 0 Å². The number of aromatic amines is 1. The molecule has 2 aliphatic rings. The summed E-state index contributed by atoms with van der Waals surface area (Å²) in [5.41, 5.74) is 3.80. The molecule has 1 atom stereocenters. The second-order valence-electron chi connectivity index (χ2n) is 12.7. The molecular weight excluding hydrogens is 627 g/mol. The van der Waals surface area contributed by atoms with E-state index in [1.54, 1.807) is 36.4 Å². The molecule has 10 heteroatoms. The van der Waals surface area contributed by atoms with E-state index >= 15 is 0 Å². The van der Waals surface area contributed by atoms with Gasteiger partial charge in [-0.05, 0) is 86.6 Å². The summed E-state index contributed by atoms with van der Waals surface area (Å²) in [6, 6.07) is 17.0. The molecule has 0 aliphatic heterocycles. The van der Waals surface area contributed by atoms with Gasteiger partial charge in [0.1, 0.15) is 16.7 Å². The van der Waals surface area contributed by atoms with Crippen LogP contribution in [0.2, 0.25) is 0 Å². The molecule has 1 aromatic heterocycles. The van der Waals surface area contributed by atoms with Crippen LogP contribution in [0.15, 0.2) is 71.8 Å². The number of benzene rings is 3. The third-order valence-corrected chi connectivity index (χ3v) is 10.8. The Bertz CT molecular complexity index is 1980. The molecule has 0 bridgehead atoms. The predicted octanol–water partition coefficient (Wildman–Crippen LogP) is 7.87. The highest BCUT2D eigenvalue weighted by Gasteiger charge is 2.24. The molecule has 2 amide bonds. The van der Waals surface area contributed by atoms with Gasteiger partial charge in [0.05, 0.1) is 7.11 Å². The fourth-order valence-corrected chi connectivity index (χ4v) is 7.87. The maximum atomic E-state index is 13.4. The summed E-state index contributed by atoms with van der Waals surface area (Å²) in [5, 5.41) is 3.77. The zero-order chi connectivity index (χ0) is 33.7. The number of H-pyrrole nitrogens is 1. The average molecular weight is 668 g/mol. The van der Waals surface area contributed by atoms with Gasteiger partial charge in [0, 0.05) is 51.3 Å². The van der Waals surface area contributed by atoms with Crippen LogP contribution in [0.3, 0.4) is 0 Å². The molecule has 1 heterocycles. The van der Waals surface area contributed by atoms with Crippen molar-refractivity contribution in [2.45, 2.75) is 81.6 Å². The van der Waals surface area contributed by atoms with Gasteiger partial charge in [0.2, 0.25) is 0 Å².